The van der Waals surface area contributed by atoms with Gasteiger partial charge in [-0.25, -0.2) is 8.42 Å². The van der Waals surface area contributed by atoms with Gasteiger partial charge >= 0.3 is 0 Å². The number of benzene rings is 2. The number of rotatable bonds is 6. The zero-order valence-electron chi connectivity index (χ0n) is 17.6. The van der Waals surface area contributed by atoms with Crippen molar-refractivity contribution in [1.29, 1.82) is 0 Å². The topological polar surface area (TPSA) is 85.9 Å². The minimum Gasteiger partial charge on any atom is -0.497 e. The quantitative estimate of drug-likeness (QED) is 0.556. The van der Waals surface area contributed by atoms with E-state index in [-0.39, 0.29) is 17.1 Å². The second-order valence-corrected chi connectivity index (χ2v) is 9.73. The van der Waals surface area contributed by atoms with Crippen LogP contribution in [0.25, 0.3) is 11.1 Å². The summed E-state index contributed by atoms with van der Waals surface area (Å²) in [5, 5.41) is 0. The maximum atomic E-state index is 13.0. The zero-order chi connectivity index (χ0) is 22.2. The fourth-order valence-electron chi connectivity index (χ4n) is 3.82. The maximum Gasteiger partial charge on any atom is 0.270 e. The Morgan fingerprint density at radius 1 is 1.13 bits per heavy atom. The molecule has 0 aliphatic carbocycles. The van der Waals surface area contributed by atoms with Crippen molar-refractivity contribution in [2.45, 2.75) is 37.6 Å². The van der Waals surface area contributed by atoms with Crippen molar-refractivity contribution in [2.75, 3.05) is 24.9 Å². The molecule has 2 heterocycles. The number of sulfonamides is 1. The third-order valence-corrected chi connectivity index (χ3v) is 6.81. The Labute approximate surface area is 186 Å². The van der Waals surface area contributed by atoms with Gasteiger partial charge in [0.2, 0.25) is 0 Å². The Balaban J connectivity index is 1.63. The third kappa shape index (κ3) is 4.77. The molecule has 1 aromatic heterocycles. The van der Waals surface area contributed by atoms with Crippen LogP contribution in [0.4, 0.5) is 5.69 Å². The number of ether oxygens (including phenoxy) is 2. The highest BCUT2D eigenvalue weighted by molar-refractivity contribution is 7.92. The molecule has 3 aromatic rings. The molecule has 1 aliphatic heterocycles. The first-order valence-corrected chi connectivity index (χ1v) is 11.8. The molecule has 2 atom stereocenters. The van der Waals surface area contributed by atoms with Crippen molar-refractivity contribution in [3.63, 3.8) is 0 Å². The molecule has 0 spiro atoms. The SMILES string of the molecule is COc1ccc(NS(=O)(=O)c2ccc3oc(=S)n(CN4CC(C)OC(C)C4)c3c2)cc1. The lowest BCUT2D eigenvalue weighted by Gasteiger charge is -2.35. The maximum absolute atomic E-state index is 13.0. The van der Waals surface area contributed by atoms with Crippen LogP contribution in [0.1, 0.15) is 13.8 Å². The first-order valence-electron chi connectivity index (χ1n) is 9.93. The van der Waals surface area contributed by atoms with E-state index < -0.39 is 10.0 Å². The summed E-state index contributed by atoms with van der Waals surface area (Å²) in [5.41, 5.74) is 1.62. The molecule has 10 heteroatoms. The van der Waals surface area contributed by atoms with Gasteiger partial charge in [-0.05, 0) is 68.5 Å². The molecule has 1 N–H and O–H groups in total. The molecule has 1 aliphatic rings. The summed E-state index contributed by atoms with van der Waals surface area (Å²) in [6, 6.07) is 11.4. The molecule has 166 valence electrons. The second kappa shape index (κ2) is 8.62. The highest BCUT2D eigenvalue weighted by Crippen LogP contribution is 2.25. The van der Waals surface area contributed by atoms with Gasteiger partial charge in [0.1, 0.15) is 5.75 Å². The van der Waals surface area contributed by atoms with Gasteiger partial charge in [-0.1, -0.05) is 0 Å². The zero-order valence-corrected chi connectivity index (χ0v) is 19.2. The minimum atomic E-state index is -3.80. The van der Waals surface area contributed by atoms with Gasteiger partial charge in [0.05, 0.1) is 36.4 Å². The van der Waals surface area contributed by atoms with Crippen molar-refractivity contribution in [3.05, 3.63) is 47.3 Å². The first kappa shape index (κ1) is 21.8. The van der Waals surface area contributed by atoms with Crippen LogP contribution in [0, 0.1) is 4.84 Å². The van der Waals surface area contributed by atoms with Crippen molar-refractivity contribution >= 4 is 39.0 Å². The minimum absolute atomic E-state index is 0.112. The average molecular weight is 464 g/mol. The summed E-state index contributed by atoms with van der Waals surface area (Å²) in [6.07, 6.45) is 0.224. The molecule has 0 saturated carbocycles. The van der Waals surface area contributed by atoms with Crippen LogP contribution in [0.2, 0.25) is 0 Å². The van der Waals surface area contributed by atoms with Crippen LogP contribution in [0.5, 0.6) is 5.75 Å². The van der Waals surface area contributed by atoms with Gasteiger partial charge in [-0.15, -0.1) is 0 Å². The van der Waals surface area contributed by atoms with Crippen molar-refractivity contribution < 1.29 is 22.3 Å². The highest BCUT2D eigenvalue weighted by Gasteiger charge is 2.24. The fraction of sp³-hybridized carbons (Fsp3) is 0.381. The largest absolute Gasteiger partial charge is 0.497 e. The third-order valence-electron chi connectivity index (χ3n) is 5.13. The van der Waals surface area contributed by atoms with Gasteiger partial charge in [-0.3, -0.25) is 14.2 Å². The van der Waals surface area contributed by atoms with Crippen LogP contribution in [0.15, 0.2) is 51.8 Å². The van der Waals surface area contributed by atoms with Crippen LogP contribution in [-0.4, -0.2) is 50.3 Å². The molecule has 0 amide bonds. The van der Waals surface area contributed by atoms with Crippen LogP contribution < -0.4 is 9.46 Å². The van der Waals surface area contributed by atoms with E-state index in [9.17, 15) is 8.42 Å². The van der Waals surface area contributed by atoms with E-state index in [1.807, 2.05) is 18.4 Å². The molecule has 31 heavy (non-hydrogen) atoms. The van der Waals surface area contributed by atoms with Crippen LogP contribution >= 0.6 is 12.2 Å². The van der Waals surface area contributed by atoms with Gasteiger partial charge in [0, 0.05) is 18.8 Å². The lowest BCUT2D eigenvalue weighted by molar-refractivity contribution is -0.0764. The molecular formula is C21H25N3O5S2. The fourth-order valence-corrected chi connectivity index (χ4v) is 5.14. The molecule has 4 rings (SSSR count). The molecule has 1 fully saturated rings. The Hall–Kier alpha value is -2.40. The van der Waals surface area contributed by atoms with Gasteiger partial charge < -0.3 is 13.9 Å². The Kier molecular flexibility index (Phi) is 6.07. The summed E-state index contributed by atoms with van der Waals surface area (Å²) in [6.45, 7) is 6.08. The molecule has 0 bridgehead atoms. The first-order chi connectivity index (χ1) is 14.7. The summed E-state index contributed by atoms with van der Waals surface area (Å²) < 4.78 is 46.9. The van der Waals surface area contributed by atoms with Crippen molar-refractivity contribution in [2.24, 2.45) is 0 Å². The van der Waals surface area contributed by atoms with Crippen LogP contribution in [-0.2, 0) is 21.4 Å². The smallest absolute Gasteiger partial charge is 0.270 e. The number of nitrogens with zero attached hydrogens (tertiary/aromatic N) is 2. The average Bonchev–Trinajstić information content (AvgIpc) is 3.02. The van der Waals surface area contributed by atoms with E-state index in [0.29, 0.717) is 34.0 Å². The predicted molar refractivity (Wildman–Crippen MR) is 120 cm³/mol. The molecule has 1 saturated heterocycles. The highest BCUT2D eigenvalue weighted by atomic mass is 32.2. The van der Waals surface area contributed by atoms with Gasteiger partial charge in [0.15, 0.2) is 5.58 Å². The number of oxazole rings is 1. The van der Waals surface area contributed by atoms with Crippen molar-refractivity contribution in [1.82, 2.24) is 9.47 Å². The molecule has 2 unspecified atom stereocenters. The molecule has 2 aromatic carbocycles. The molecular weight excluding hydrogens is 438 g/mol. The van der Waals surface area contributed by atoms with Crippen molar-refractivity contribution in [3.8, 4) is 5.75 Å². The number of anilines is 1. The summed E-state index contributed by atoms with van der Waals surface area (Å²) in [4.78, 5) is 2.66. The van der Waals surface area contributed by atoms with E-state index in [1.165, 1.54) is 6.07 Å². The predicted octanol–water partition coefficient (Wildman–Crippen LogP) is 3.84. The number of aromatic nitrogens is 1. The van der Waals surface area contributed by atoms with E-state index >= 15 is 0 Å². The monoisotopic (exact) mass is 463 g/mol. The summed E-state index contributed by atoms with van der Waals surface area (Å²) >= 11 is 5.41. The van der Waals surface area contributed by atoms with E-state index in [2.05, 4.69) is 9.62 Å². The summed E-state index contributed by atoms with van der Waals surface area (Å²) in [7, 11) is -2.24. The lowest BCUT2D eigenvalue weighted by atomic mass is 10.2. The Bertz CT molecular complexity index is 1220. The number of nitrogens with one attached hydrogen (secondary N) is 1. The Morgan fingerprint density at radius 3 is 2.45 bits per heavy atom. The number of morpholine rings is 1. The second-order valence-electron chi connectivity index (χ2n) is 7.69. The Morgan fingerprint density at radius 2 is 1.81 bits per heavy atom. The number of hydrogen-bond donors (Lipinski definition) is 1. The van der Waals surface area contributed by atoms with Gasteiger partial charge in [-0.2, -0.15) is 0 Å². The lowest BCUT2D eigenvalue weighted by Crippen LogP contribution is -2.45. The number of hydrogen-bond acceptors (Lipinski definition) is 7. The van der Waals surface area contributed by atoms with Gasteiger partial charge in [0.25, 0.3) is 14.9 Å². The van der Waals surface area contributed by atoms with E-state index in [4.69, 9.17) is 26.1 Å². The molecule has 0 radical (unpaired) electrons. The van der Waals surface area contributed by atoms with E-state index in [0.717, 1.165) is 13.1 Å². The number of methoxy groups -OCH3 is 1. The molecule has 8 nitrogen and oxygen atoms in total. The standard InChI is InChI=1S/C21H25N3O5S2/c1-14-11-23(12-15(2)28-14)13-24-19-10-18(8-9-20(19)29-21(24)30)31(25,26)22-16-4-6-17(27-3)7-5-16/h4-10,14-15,22H,11-13H2,1-3H3. The normalized spacial score (nSPS) is 20.1. The van der Waals surface area contributed by atoms with Crippen LogP contribution in [0.3, 0.4) is 0 Å². The number of fused-ring (bicyclic) bond motifs is 1. The summed E-state index contributed by atoms with van der Waals surface area (Å²) in [5.74, 6) is 0.647. The van der Waals surface area contributed by atoms with E-state index in [1.54, 1.807) is 43.5 Å².